The van der Waals surface area contributed by atoms with Gasteiger partial charge in [0.05, 0.1) is 77.0 Å². The molecule has 0 saturated heterocycles. The van der Waals surface area contributed by atoms with Gasteiger partial charge in [-0.05, 0) is 81.4 Å². The van der Waals surface area contributed by atoms with Crippen molar-refractivity contribution in [3.05, 3.63) is 144 Å². The number of amides is 6. The number of nitrogens with zero attached hydrogens (tertiary/aromatic N) is 9. The number of benzene rings is 5. The van der Waals surface area contributed by atoms with Gasteiger partial charge in [-0.2, -0.15) is 40.4 Å². The van der Waals surface area contributed by atoms with Gasteiger partial charge in [-0.25, -0.2) is 4.90 Å². The van der Waals surface area contributed by atoms with Crippen molar-refractivity contribution in [2.75, 3.05) is 20.0 Å². The van der Waals surface area contributed by atoms with Crippen LogP contribution >= 0.6 is 139 Å². The Morgan fingerprint density at radius 3 is 0.811 bits per heavy atom. The van der Waals surface area contributed by atoms with Crippen LogP contribution in [0.4, 0.5) is 22.7 Å². The van der Waals surface area contributed by atoms with Crippen LogP contribution in [0.1, 0.15) is 67.2 Å². The smallest absolute Gasteiger partial charge is 0.267 e. The predicted octanol–water partition coefficient (Wildman–Crippen LogP) is 15.3. The highest BCUT2D eigenvalue weighted by molar-refractivity contribution is 6.46. The van der Waals surface area contributed by atoms with Crippen LogP contribution < -0.4 is 20.0 Å². The molecule has 5 heterocycles. The molecule has 27 heteroatoms. The van der Waals surface area contributed by atoms with E-state index in [-0.39, 0.29) is 76.1 Å². The minimum atomic E-state index is -0.521. The number of halogens is 12. The number of imide groups is 1. The number of anilines is 4. The third-order valence-corrected chi connectivity index (χ3v) is 13.5. The molecule has 5 aromatic carbocycles. The Hall–Kier alpha value is -4.72. The van der Waals surface area contributed by atoms with Gasteiger partial charge in [0.1, 0.15) is 28.6 Å². The first-order valence-electron chi connectivity index (χ1n) is 20.9. The summed E-state index contributed by atoms with van der Waals surface area (Å²) in [4.78, 5) is 73.3. The summed E-state index contributed by atoms with van der Waals surface area (Å²) >= 11 is 71.5. The summed E-state index contributed by atoms with van der Waals surface area (Å²) in [5.41, 5.74) is 4.03. The molecular formula is C47H29Cl12N9O6. The molecule has 382 valence electrons. The summed E-state index contributed by atoms with van der Waals surface area (Å²) in [5, 5.41) is 24.7. The van der Waals surface area contributed by atoms with Crippen LogP contribution in [-0.4, -0.2) is 63.3 Å². The van der Waals surface area contributed by atoms with Crippen molar-refractivity contribution < 1.29 is 28.8 Å². The quantitative estimate of drug-likeness (QED) is 0.162. The first-order chi connectivity index (χ1) is 34.8. The van der Waals surface area contributed by atoms with Gasteiger partial charge in [-0.15, -0.1) is 0 Å². The van der Waals surface area contributed by atoms with E-state index in [1.54, 1.807) is 45.0 Å². The minimum Gasteiger partial charge on any atom is -0.272 e. The minimum absolute atomic E-state index is 0.0169. The second-order valence-corrected chi connectivity index (χ2v) is 20.9. The molecule has 0 N–H and O–H groups in total. The lowest BCUT2D eigenvalue weighted by Crippen LogP contribution is -2.35. The Morgan fingerprint density at radius 1 is 0.351 bits per heavy atom. The first-order valence-corrected chi connectivity index (χ1v) is 25.5. The molecule has 15 nitrogen and oxygen atoms in total. The lowest BCUT2D eigenvalue weighted by molar-refractivity contribution is -0.117. The molecular weight excluding hydrogens is 1210 g/mol. The van der Waals surface area contributed by atoms with Crippen molar-refractivity contribution >= 4 is 220 Å². The summed E-state index contributed by atoms with van der Waals surface area (Å²) in [6.45, 7) is 5.32. The Morgan fingerprint density at radius 2 is 0.581 bits per heavy atom. The Bertz CT molecular complexity index is 3040. The average molecular weight is 1240 g/mol. The van der Waals surface area contributed by atoms with Gasteiger partial charge in [0.2, 0.25) is 0 Å². The Balaban J connectivity index is 0.000000148. The van der Waals surface area contributed by atoms with Crippen LogP contribution in [0.15, 0.2) is 93.2 Å². The van der Waals surface area contributed by atoms with E-state index in [2.05, 4.69) is 20.4 Å². The van der Waals surface area contributed by atoms with Crippen molar-refractivity contribution in [1.82, 2.24) is 4.90 Å². The highest BCUT2D eigenvalue weighted by atomic mass is 35.5. The summed E-state index contributed by atoms with van der Waals surface area (Å²) in [7, 11) is 0. The maximum atomic E-state index is 12.5. The van der Waals surface area contributed by atoms with E-state index in [0.717, 1.165) is 27.0 Å². The van der Waals surface area contributed by atoms with Crippen molar-refractivity contribution in [1.29, 1.82) is 0 Å². The molecule has 5 aliphatic heterocycles. The fourth-order valence-electron chi connectivity index (χ4n) is 7.28. The maximum Gasteiger partial charge on any atom is 0.267 e. The third-order valence-electron chi connectivity index (χ3n) is 10.3. The molecule has 5 aliphatic rings. The monoisotopic (exact) mass is 1230 g/mol. The number of hydrogen-bond donors (Lipinski definition) is 0. The van der Waals surface area contributed by atoms with E-state index < -0.39 is 17.7 Å². The summed E-state index contributed by atoms with van der Waals surface area (Å²) in [6, 6.07) is 18.4. The van der Waals surface area contributed by atoms with Crippen LogP contribution in [0.2, 0.25) is 60.3 Å². The van der Waals surface area contributed by atoms with Gasteiger partial charge in [0.25, 0.3) is 35.4 Å². The molecule has 74 heavy (non-hydrogen) atoms. The molecule has 5 aromatic rings. The van der Waals surface area contributed by atoms with Gasteiger partial charge >= 0.3 is 0 Å². The standard InChI is InChI=1S/C17H8Cl3N3O3.3C10H7Cl3N2O/c18-8-5-11(19)15(12(20)6-8)23-14(24)7-13(21-23)22-16(25)9-3-1-2-4-10(9)17(22)26;3*1-5-2-9(16)15(14-5)10-7(12)3-6(11)4-8(10)13/h1-6H,7H2;3*3-4H,2H2,1H3. The number of fused-ring (bicyclic) bond motifs is 1. The van der Waals surface area contributed by atoms with E-state index in [9.17, 15) is 28.8 Å². The summed E-state index contributed by atoms with van der Waals surface area (Å²) in [5.74, 6) is -1.94. The van der Waals surface area contributed by atoms with Gasteiger partial charge in [0, 0.05) is 37.2 Å². The van der Waals surface area contributed by atoms with E-state index in [1.165, 1.54) is 63.6 Å². The van der Waals surface area contributed by atoms with Crippen LogP contribution in [0.5, 0.6) is 0 Å². The zero-order chi connectivity index (χ0) is 54.2. The lowest BCUT2D eigenvalue weighted by atomic mass is 10.1. The van der Waals surface area contributed by atoms with Crippen molar-refractivity contribution in [2.45, 2.75) is 46.5 Å². The first kappa shape index (κ1) is 57.0. The fourth-order valence-corrected chi connectivity index (χ4v) is 11.2. The zero-order valence-corrected chi connectivity index (χ0v) is 46.8. The molecule has 0 radical (unpaired) electrons. The molecule has 0 spiro atoms. The van der Waals surface area contributed by atoms with Crippen LogP contribution in [-0.2, 0) is 19.2 Å². The van der Waals surface area contributed by atoms with E-state index >= 15 is 0 Å². The SMILES string of the molecule is CC1=NN(c2c(Cl)cc(Cl)cc2Cl)C(=O)C1.CC1=NN(c2c(Cl)cc(Cl)cc2Cl)C(=O)C1.CC1=NN(c2c(Cl)cc(Cl)cc2Cl)C(=O)C1.O=C1c2ccccc2C(=O)N1C1=NN(c2c(Cl)cc(Cl)cc2Cl)C(=O)C1. The molecule has 0 atom stereocenters. The van der Waals surface area contributed by atoms with Gasteiger partial charge in [-0.1, -0.05) is 151 Å². The van der Waals surface area contributed by atoms with E-state index in [1.807, 2.05) is 0 Å². The van der Waals surface area contributed by atoms with Crippen LogP contribution in [0.3, 0.4) is 0 Å². The van der Waals surface area contributed by atoms with Crippen molar-refractivity contribution in [2.24, 2.45) is 20.4 Å². The molecule has 10 rings (SSSR count). The number of hydrazone groups is 4. The van der Waals surface area contributed by atoms with Gasteiger partial charge in [0.15, 0.2) is 0 Å². The molecule has 0 bridgehead atoms. The summed E-state index contributed by atoms with van der Waals surface area (Å²) < 4.78 is 0. The normalized spacial score (nSPS) is 15.9. The van der Waals surface area contributed by atoms with E-state index in [0.29, 0.717) is 67.3 Å². The number of carbonyl (C=O) groups excluding carboxylic acids is 6. The summed E-state index contributed by atoms with van der Waals surface area (Å²) in [6.07, 6.45) is 0.626. The average Bonchev–Trinajstić information content (AvgIpc) is 4.07. The molecule has 6 amide bonds. The van der Waals surface area contributed by atoms with Crippen molar-refractivity contribution in [3.8, 4) is 0 Å². The number of rotatable bonds is 4. The molecule has 0 saturated carbocycles. The zero-order valence-electron chi connectivity index (χ0n) is 37.8. The second-order valence-electron chi connectivity index (χ2n) is 15.9. The molecule has 0 unspecified atom stereocenters. The number of hydrogen-bond acceptors (Lipinski definition) is 10. The van der Waals surface area contributed by atoms with E-state index in [4.69, 9.17) is 139 Å². The second kappa shape index (κ2) is 23.7. The molecule has 0 aliphatic carbocycles. The Labute approximate surface area is 481 Å². The predicted molar refractivity (Wildman–Crippen MR) is 298 cm³/mol. The largest absolute Gasteiger partial charge is 0.272 e. The van der Waals surface area contributed by atoms with Gasteiger partial charge < -0.3 is 0 Å². The van der Waals surface area contributed by atoms with Gasteiger partial charge in [-0.3, -0.25) is 28.8 Å². The number of amidine groups is 1. The highest BCUT2D eigenvalue weighted by Gasteiger charge is 2.43. The molecule has 0 aromatic heterocycles. The fraction of sp³-hybridized carbons (Fsp3) is 0.149. The number of carbonyl (C=O) groups is 6. The topological polar surface area (TPSA) is 168 Å². The van der Waals surface area contributed by atoms with Crippen LogP contribution in [0, 0.1) is 0 Å². The van der Waals surface area contributed by atoms with Crippen LogP contribution in [0.25, 0.3) is 0 Å². The molecule has 0 fully saturated rings. The Kier molecular flexibility index (Phi) is 18.2. The highest BCUT2D eigenvalue weighted by Crippen LogP contribution is 2.42. The lowest BCUT2D eigenvalue weighted by Gasteiger charge is -2.15. The maximum absolute atomic E-state index is 12.5. The van der Waals surface area contributed by atoms with Crippen molar-refractivity contribution in [3.63, 3.8) is 0 Å². The third kappa shape index (κ3) is 12.4.